The van der Waals surface area contributed by atoms with Crippen molar-refractivity contribution in [2.24, 2.45) is 5.92 Å². The summed E-state index contributed by atoms with van der Waals surface area (Å²) in [6.45, 7) is 0. The quantitative estimate of drug-likeness (QED) is 0.900. The van der Waals surface area contributed by atoms with Gasteiger partial charge in [-0.05, 0) is 30.0 Å². The normalized spacial score (nSPS) is 21.5. The summed E-state index contributed by atoms with van der Waals surface area (Å²) < 4.78 is 0. The Hall–Kier alpha value is -1.35. The molecule has 2 atom stereocenters. The Bertz CT molecular complexity index is 438. The van der Waals surface area contributed by atoms with E-state index in [4.69, 9.17) is 11.6 Å². The lowest BCUT2D eigenvalue weighted by molar-refractivity contribution is -0.140. The number of carbonyl (C=O) groups is 2. The number of hydrogen-bond donors (Lipinski definition) is 1. The number of rotatable bonds is 3. The summed E-state index contributed by atoms with van der Waals surface area (Å²) in [4.78, 5) is 22.6. The first-order chi connectivity index (χ1) is 8.08. The smallest absolute Gasteiger partial charge is 0.311 e. The monoisotopic (exact) mass is 252 g/mol. The van der Waals surface area contributed by atoms with Crippen LogP contribution in [0, 0.1) is 5.92 Å². The lowest BCUT2D eigenvalue weighted by atomic mass is 9.85. The van der Waals surface area contributed by atoms with Crippen LogP contribution in [0.1, 0.15) is 30.7 Å². The SMILES string of the molecule is O=C1CCC(C(C(=O)O)c2ccc(Cl)cc2)C1. The fourth-order valence-electron chi connectivity index (χ4n) is 2.41. The highest BCUT2D eigenvalue weighted by Gasteiger charge is 2.34. The van der Waals surface area contributed by atoms with Crippen LogP contribution in [0.4, 0.5) is 0 Å². The molecule has 1 saturated carbocycles. The first-order valence-corrected chi connectivity index (χ1v) is 5.95. The van der Waals surface area contributed by atoms with Gasteiger partial charge in [-0.3, -0.25) is 9.59 Å². The number of carbonyl (C=O) groups excluding carboxylic acids is 1. The highest BCUT2D eigenvalue weighted by Crippen LogP contribution is 2.36. The van der Waals surface area contributed by atoms with Gasteiger partial charge in [0.05, 0.1) is 5.92 Å². The van der Waals surface area contributed by atoms with Crippen LogP contribution in [0.15, 0.2) is 24.3 Å². The average molecular weight is 253 g/mol. The summed E-state index contributed by atoms with van der Waals surface area (Å²) >= 11 is 5.78. The van der Waals surface area contributed by atoms with Crippen LogP contribution < -0.4 is 0 Å². The first-order valence-electron chi connectivity index (χ1n) is 5.58. The zero-order valence-electron chi connectivity index (χ0n) is 9.23. The van der Waals surface area contributed by atoms with Gasteiger partial charge in [-0.25, -0.2) is 0 Å². The van der Waals surface area contributed by atoms with Gasteiger partial charge in [0.1, 0.15) is 5.78 Å². The van der Waals surface area contributed by atoms with Crippen molar-refractivity contribution >= 4 is 23.4 Å². The molecule has 0 saturated heterocycles. The summed E-state index contributed by atoms with van der Waals surface area (Å²) in [5.41, 5.74) is 0.724. The standard InChI is InChI=1S/C13H13ClO3/c14-10-4-1-8(2-5-10)12(13(16)17)9-3-6-11(15)7-9/h1-2,4-5,9,12H,3,6-7H2,(H,16,17). The van der Waals surface area contributed by atoms with Gasteiger partial charge in [-0.2, -0.15) is 0 Å². The van der Waals surface area contributed by atoms with Crippen LogP contribution in [-0.4, -0.2) is 16.9 Å². The molecular formula is C13H13ClO3. The third-order valence-corrected chi connectivity index (χ3v) is 3.50. The maximum atomic E-state index is 11.3. The van der Waals surface area contributed by atoms with E-state index < -0.39 is 11.9 Å². The van der Waals surface area contributed by atoms with E-state index in [1.54, 1.807) is 24.3 Å². The van der Waals surface area contributed by atoms with Gasteiger partial charge in [0, 0.05) is 17.9 Å². The van der Waals surface area contributed by atoms with Crippen LogP contribution in [0.25, 0.3) is 0 Å². The van der Waals surface area contributed by atoms with Gasteiger partial charge >= 0.3 is 5.97 Å². The van der Waals surface area contributed by atoms with Crippen molar-refractivity contribution in [3.63, 3.8) is 0 Å². The van der Waals surface area contributed by atoms with Gasteiger partial charge in [-0.1, -0.05) is 23.7 Å². The molecule has 1 aromatic rings. The number of benzene rings is 1. The molecule has 0 heterocycles. The highest BCUT2D eigenvalue weighted by atomic mass is 35.5. The van der Waals surface area contributed by atoms with Gasteiger partial charge in [0.15, 0.2) is 0 Å². The molecule has 0 aliphatic heterocycles. The van der Waals surface area contributed by atoms with E-state index in [1.807, 2.05) is 0 Å². The molecule has 4 heteroatoms. The Labute approximate surface area is 104 Å². The summed E-state index contributed by atoms with van der Waals surface area (Å²) in [7, 11) is 0. The van der Waals surface area contributed by atoms with Crippen molar-refractivity contribution in [1.82, 2.24) is 0 Å². The lowest BCUT2D eigenvalue weighted by Crippen LogP contribution is -2.20. The Morgan fingerprint density at radius 1 is 1.35 bits per heavy atom. The molecule has 1 aliphatic carbocycles. The summed E-state index contributed by atoms with van der Waals surface area (Å²) in [5.74, 6) is -1.39. The van der Waals surface area contributed by atoms with Crippen LogP contribution in [-0.2, 0) is 9.59 Å². The molecule has 0 bridgehead atoms. The Balaban J connectivity index is 2.26. The minimum absolute atomic E-state index is 0.0822. The average Bonchev–Trinajstić information content (AvgIpc) is 2.68. The Morgan fingerprint density at radius 3 is 2.47 bits per heavy atom. The third kappa shape index (κ3) is 2.67. The number of halogens is 1. The molecule has 1 aromatic carbocycles. The van der Waals surface area contributed by atoms with Crippen molar-refractivity contribution in [1.29, 1.82) is 0 Å². The number of Topliss-reactive ketones (excluding diaryl/α,β-unsaturated/α-hetero) is 1. The molecule has 1 aliphatic rings. The second kappa shape index (κ2) is 4.88. The zero-order chi connectivity index (χ0) is 12.4. The van der Waals surface area contributed by atoms with Crippen molar-refractivity contribution in [2.45, 2.75) is 25.2 Å². The van der Waals surface area contributed by atoms with Crippen molar-refractivity contribution in [3.8, 4) is 0 Å². The molecule has 0 spiro atoms. The zero-order valence-corrected chi connectivity index (χ0v) is 9.98. The molecule has 3 nitrogen and oxygen atoms in total. The minimum atomic E-state index is -0.868. The Morgan fingerprint density at radius 2 is 2.00 bits per heavy atom. The fourth-order valence-corrected chi connectivity index (χ4v) is 2.54. The van der Waals surface area contributed by atoms with Crippen LogP contribution in [0.2, 0.25) is 5.02 Å². The van der Waals surface area contributed by atoms with E-state index in [0.29, 0.717) is 24.3 Å². The van der Waals surface area contributed by atoms with Crippen molar-refractivity contribution in [2.75, 3.05) is 0 Å². The van der Waals surface area contributed by atoms with E-state index in [0.717, 1.165) is 5.56 Å². The number of aliphatic carboxylic acids is 1. The number of hydrogen-bond acceptors (Lipinski definition) is 2. The van der Waals surface area contributed by atoms with E-state index in [9.17, 15) is 14.7 Å². The van der Waals surface area contributed by atoms with E-state index in [2.05, 4.69) is 0 Å². The highest BCUT2D eigenvalue weighted by molar-refractivity contribution is 6.30. The van der Waals surface area contributed by atoms with Crippen LogP contribution in [0.3, 0.4) is 0 Å². The summed E-state index contributed by atoms with van der Waals surface area (Å²) in [6.07, 6.45) is 1.54. The van der Waals surface area contributed by atoms with E-state index >= 15 is 0 Å². The Kier molecular flexibility index (Phi) is 3.48. The van der Waals surface area contributed by atoms with Gasteiger partial charge < -0.3 is 5.11 Å². The predicted octanol–water partition coefficient (Wildman–Crippen LogP) is 2.88. The number of carboxylic acids is 1. The summed E-state index contributed by atoms with van der Waals surface area (Å²) in [5, 5.41) is 9.88. The number of carboxylic acid groups (broad SMARTS) is 1. The number of ketones is 1. The van der Waals surface area contributed by atoms with Crippen LogP contribution >= 0.6 is 11.6 Å². The third-order valence-electron chi connectivity index (χ3n) is 3.25. The molecule has 90 valence electrons. The minimum Gasteiger partial charge on any atom is -0.481 e. The van der Waals surface area contributed by atoms with Gasteiger partial charge in [0.25, 0.3) is 0 Å². The lowest BCUT2D eigenvalue weighted by Gasteiger charge is -2.18. The fraction of sp³-hybridized carbons (Fsp3) is 0.385. The second-order valence-electron chi connectivity index (χ2n) is 4.41. The van der Waals surface area contributed by atoms with E-state index in [-0.39, 0.29) is 11.7 Å². The molecule has 17 heavy (non-hydrogen) atoms. The molecule has 2 rings (SSSR count). The predicted molar refractivity (Wildman–Crippen MR) is 64.2 cm³/mol. The van der Waals surface area contributed by atoms with E-state index in [1.165, 1.54) is 0 Å². The molecule has 2 unspecified atom stereocenters. The maximum absolute atomic E-state index is 11.3. The largest absolute Gasteiger partial charge is 0.481 e. The van der Waals surface area contributed by atoms with Crippen molar-refractivity contribution < 1.29 is 14.7 Å². The second-order valence-corrected chi connectivity index (χ2v) is 4.85. The maximum Gasteiger partial charge on any atom is 0.311 e. The molecule has 1 fully saturated rings. The molecule has 0 radical (unpaired) electrons. The van der Waals surface area contributed by atoms with Crippen molar-refractivity contribution in [3.05, 3.63) is 34.9 Å². The molecule has 0 aromatic heterocycles. The molecular weight excluding hydrogens is 240 g/mol. The molecule has 0 amide bonds. The van der Waals surface area contributed by atoms with Crippen LogP contribution in [0.5, 0.6) is 0 Å². The first kappa shape index (κ1) is 12.1. The molecule has 1 N–H and O–H groups in total. The van der Waals surface area contributed by atoms with Gasteiger partial charge in [0.2, 0.25) is 0 Å². The summed E-state index contributed by atoms with van der Waals surface area (Å²) in [6, 6.07) is 6.82. The topological polar surface area (TPSA) is 54.4 Å². The van der Waals surface area contributed by atoms with Gasteiger partial charge in [-0.15, -0.1) is 0 Å².